The number of alkyl halides is 1. The number of hydroxylamine groups is 1. The fourth-order valence-corrected chi connectivity index (χ4v) is 5.90. The van der Waals surface area contributed by atoms with E-state index in [2.05, 4.69) is 14.9 Å². The number of hydrogen-bond acceptors (Lipinski definition) is 8. The van der Waals surface area contributed by atoms with Crippen molar-refractivity contribution >= 4 is 28.6 Å². The van der Waals surface area contributed by atoms with Crippen molar-refractivity contribution in [1.29, 1.82) is 0 Å². The fraction of sp³-hybridized carbons (Fsp3) is 0.444. The first-order valence-corrected chi connectivity index (χ1v) is 13.4. The number of halogens is 1. The summed E-state index contributed by atoms with van der Waals surface area (Å²) in [5.41, 5.74) is 2.36. The molecule has 37 heavy (non-hydrogen) atoms. The maximum Gasteiger partial charge on any atom is 0.249 e. The van der Waals surface area contributed by atoms with Gasteiger partial charge in [-0.2, -0.15) is 0 Å². The molecular formula is C27H33FN4O4S. The number of rotatable bonds is 11. The van der Waals surface area contributed by atoms with E-state index in [0.29, 0.717) is 53.7 Å². The van der Waals surface area contributed by atoms with Gasteiger partial charge in [-0.3, -0.25) is 15.0 Å². The average Bonchev–Trinajstić information content (AvgIpc) is 2.95. The quantitative estimate of drug-likeness (QED) is 0.192. The highest BCUT2D eigenvalue weighted by Gasteiger charge is 2.41. The lowest BCUT2D eigenvalue weighted by atomic mass is 9.73. The molecule has 8 nitrogen and oxygen atoms in total. The number of aliphatic hydroxyl groups excluding tert-OH is 1. The predicted molar refractivity (Wildman–Crippen MR) is 140 cm³/mol. The summed E-state index contributed by atoms with van der Waals surface area (Å²) in [6, 6.07) is 11.1. The van der Waals surface area contributed by atoms with Gasteiger partial charge in [-0.05, 0) is 69.1 Å². The lowest BCUT2D eigenvalue weighted by molar-refractivity contribution is -0.143. The first-order chi connectivity index (χ1) is 18.0. The zero-order valence-corrected chi connectivity index (χ0v) is 21.7. The number of likely N-dealkylation sites (tertiary alicyclic amines) is 1. The van der Waals surface area contributed by atoms with Crippen molar-refractivity contribution in [2.45, 2.75) is 43.5 Å². The van der Waals surface area contributed by atoms with Crippen LogP contribution in [0, 0.1) is 5.41 Å². The number of nitrogens with one attached hydrogen (secondary N) is 1. The van der Waals surface area contributed by atoms with Gasteiger partial charge >= 0.3 is 0 Å². The lowest BCUT2D eigenvalue weighted by Crippen LogP contribution is -2.48. The van der Waals surface area contributed by atoms with Crippen LogP contribution in [0.25, 0.3) is 10.9 Å². The SMILES string of the molecule is COc1ccc2ncc(CO)c([C@H](F)CCC3(C(=O)NO)CCN(CCSc4ccccn4)CC3)c2c1. The molecule has 3 aromatic rings. The van der Waals surface area contributed by atoms with E-state index in [1.54, 1.807) is 36.2 Å². The van der Waals surface area contributed by atoms with Crippen LogP contribution in [0.3, 0.4) is 0 Å². The molecule has 1 aromatic carbocycles. The third kappa shape index (κ3) is 6.38. The molecule has 0 spiro atoms. The molecule has 0 radical (unpaired) electrons. The number of ether oxygens (including phenoxy) is 1. The summed E-state index contributed by atoms with van der Waals surface area (Å²) < 4.78 is 21.2. The number of amides is 1. The minimum atomic E-state index is -1.42. The minimum absolute atomic E-state index is 0.0757. The number of hydrogen-bond donors (Lipinski definition) is 3. The van der Waals surface area contributed by atoms with Gasteiger partial charge in [0.15, 0.2) is 0 Å². The van der Waals surface area contributed by atoms with E-state index in [-0.39, 0.29) is 19.4 Å². The molecule has 1 aliphatic heterocycles. The summed E-state index contributed by atoms with van der Waals surface area (Å²) in [5.74, 6) is 0.985. The Balaban J connectivity index is 1.43. The second kappa shape index (κ2) is 12.6. The monoisotopic (exact) mass is 528 g/mol. The maximum atomic E-state index is 15.9. The second-order valence-electron chi connectivity index (χ2n) is 9.32. The van der Waals surface area contributed by atoms with Crippen molar-refractivity contribution in [2.75, 3.05) is 32.5 Å². The van der Waals surface area contributed by atoms with Crippen molar-refractivity contribution in [3.05, 3.63) is 59.9 Å². The van der Waals surface area contributed by atoms with Crippen LogP contribution in [-0.2, 0) is 11.4 Å². The Morgan fingerprint density at radius 3 is 2.76 bits per heavy atom. The molecule has 0 unspecified atom stereocenters. The van der Waals surface area contributed by atoms with Crippen LogP contribution in [0.15, 0.2) is 53.8 Å². The summed E-state index contributed by atoms with van der Waals surface area (Å²) in [6.07, 6.45) is 3.25. The molecule has 1 aliphatic rings. The molecule has 1 amide bonds. The van der Waals surface area contributed by atoms with E-state index in [0.717, 1.165) is 17.3 Å². The molecule has 0 bridgehead atoms. The molecule has 1 atom stereocenters. The minimum Gasteiger partial charge on any atom is -0.497 e. The van der Waals surface area contributed by atoms with Crippen LogP contribution < -0.4 is 10.2 Å². The normalized spacial score (nSPS) is 16.4. The number of carbonyl (C=O) groups is 1. The Morgan fingerprint density at radius 1 is 1.27 bits per heavy atom. The van der Waals surface area contributed by atoms with Crippen LogP contribution in [0.1, 0.15) is 43.0 Å². The number of nitrogens with zero attached hydrogens (tertiary/aromatic N) is 3. The number of piperidine rings is 1. The molecule has 4 rings (SSSR count). The summed E-state index contributed by atoms with van der Waals surface area (Å²) in [6.45, 7) is 1.88. The van der Waals surface area contributed by atoms with Crippen LogP contribution >= 0.6 is 11.8 Å². The highest BCUT2D eigenvalue weighted by molar-refractivity contribution is 7.99. The second-order valence-corrected chi connectivity index (χ2v) is 10.4. The van der Waals surface area contributed by atoms with Crippen molar-refractivity contribution in [1.82, 2.24) is 20.3 Å². The van der Waals surface area contributed by atoms with Gasteiger partial charge in [0.25, 0.3) is 0 Å². The number of benzene rings is 1. The van der Waals surface area contributed by atoms with Crippen molar-refractivity contribution in [3.63, 3.8) is 0 Å². The Hall–Kier alpha value is -2.79. The molecule has 3 heterocycles. The zero-order chi connectivity index (χ0) is 26.3. The van der Waals surface area contributed by atoms with Crippen LogP contribution in [-0.4, -0.2) is 63.6 Å². The van der Waals surface area contributed by atoms with Gasteiger partial charge in [-0.25, -0.2) is 14.9 Å². The molecule has 10 heteroatoms. The summed E-state index contributed by atoms with van der Waals surface area (Å²) >= 11 is 1.69. The van der Waals surface area contributed by atoms with E-state index < -0.39 is 17.5 Å². The first kappa shape index (κ1) is 27.3. The number of aromatic nitrogens is 2. The molecule has 0 saturated carbocycles. The Bertz CT molecular complexity index is 1190. The number of thioether (sulfide) groups is 1. The van der Waals surface area contributed by atoms with Crippen molar-refractivity contribution in [3.8, 4) is 5.75 Å². The smallest absolute Gasteiger partial charge is 0.249 e. The van der Waals surface area contributed by atoms with Crippen LogP contribution in [0.5, 0.6) is 5.75 Å². The van der Waals surface area contributed by atoms with E-state index in [9.17, 15) is 15.1 Å². The van der Waals surface area contributed by atoms with E-state index in [4.69, 9.17) is 4.74 Å². The molecule has 1 fully saturated rings. The third-order valence-electron chi connectivity index (χ3n) is 7.25. The topological polar surface area (TPSA) is 108 Å². The molecule has 1 saturated heterocycles. The summed E-state index contributed by atoms with van der Waals surface area (Å²) in [7, 11) is 1.54. The predicted octanol–water partition coefficient (Wildman–Crippen LogP) is 4.30. The molecule has 0 aliphatic carbocycles. The molecule has 3 N–H and O–H groups in total. The van der Waals surface area contributed by atoms with Gasteiger partial charge in [-0.1, -0.05) is 6.07 Å². The number of aliphatic hydroxyl groups is 1. The van der Waals surface area contributed by atoms with Gasteiger partial charge in [-0.15, -0.1) is 11.8 Å². The number of carbonyl (C=O) groups excluding carboxylic acids is 1. The third-order valence-corrected chi connectivity index (χ3v) is 8.17. The molecule has 2 aromatic heterocycles. The summed E-state index contributed by atoms with van der Waals surface area (Å²) in [4.78, 5) is 23.7. The van der Waals surface area contributed by atoms with E-state index in [1.165, 1.54) is 13.3 Å². The maximum absolute atomic E-state index is 15.9. The number of fused-ring (bicyclic) bond motifs is 1. The highest BCUT2D eigenvalue weighted by atomic mass is 32.2. The lowest BCUT2D eigenvalue weighted by Gasteiger charge is -2.40. The Kier molecular flexibility index (Phi) is 9.31. The van der Waals surface area contributed by atoms with Gasteiger partial charge in [0.2, 0.25) is 5.91 Å². The highest BCUT2D eigenvalue weighted by Crippen LogP contribution is 2.41. The van der Waals surface area contributed by atoms with Crippen LogP contribution in [0.2, 0.25) is 0 Å². The Labute approximate surface area is 220 Å². The fourth-order valence-electron chi connectivity index (χ4n) is 5.03. The standard InChI is InChI=1S/C27H33FN4O4S/c1-36-20-5-6-23-21(16-20)25(19(18-33)17-30-23)22(28)7-8-27(26(34)31-35)9-12-32(13-10-27)14-15-37-24-4-2-3-11-29-24/h2-6,11,16-17,22,33,35H,7-10,12-15,18H2,1H3,(H,31,34)/t22-/m1/s1. The number of pyridine rings is 2. The van der Waals surface area contributed by atoms with Gasteiger partial charge in [0.1, 0.15) is 11.9 Å². The molecular weight excluding hydrogens is 495 g/mol. The van der Waals surface area contributed by atoms with E-state index in [1.807, 2.05) is 23.7 Å². The average molecular weight is 529 g/mol. The molecule has 198 valence electrons. The van der Waals surface area contributed by atoms with E-state index >= 15 is 4.39 Å². The van der Waals surface area contributed by atoms with Crippen LogP contribution in [0.4, 0.5) is 4.39 Å². The van der Waals surface area contributed by atoms with Gasteiger partial charge < -0.3 is 14.7 Å². The summed E-state index contributed by atoms with van der Waals surface area (Å²) in [5, 5.41) is 20.9. The van der Waals surface area contributed by atoms with Crippen molar-refractivity contribution < 1.29 is 24.2 Å². The number of methoxy groups -OCH3 is 1. The zero-order valence-electron chi connectivity index (χ0n) is 20.9. The Morgan fingerprint density at radius 2 is 2.08 bits per heavy atom. The van der Waals surface area contributed by atoms with Gasteiger partial charge in [0.05, 0.1) is 29.7 Å². The van der Waals surface area contributed by atoms with Gasteiger partial charge in [0, 0.05) is 41.2 Å². The van der Waals surface area contributed by atoms with Crippen molar-refractivity contribution in [2.24, 2.45) is 5.41 Å². The first-order valence-electron chi connectivity index (χ1n) is 12.4. The largest absolute Gasteiger partial charge is 0.497 e.